The van der Waals surface area contributed by atoms with Crippen molar-refractivity contribution in [1.82, 2.24) is 9.55 Å². The van der Waals surface area contributed by atoms with Crippen molar-refractivity contribution in [1.29, 1.82) is 0 Å². The van der Waals surface area contributed by atoms with E-state index in [4.69, 9.17) is 20.7 Å². The maximum Gasteiger partial charge on any atom is 0.137 e. The van der Waals surface area contributed by atoms with Gasteiger partial charge in [-0.3, -0.25) is 4.57 Å². The minimum atomic E-state index is -2.75. The van der Waals surface area contributed by atoms with Crippen LogP contribution in [0.3, 0.4) is 0 Å². The number of aromatic nitrogens is 2. The summed E-state index contributed by atoms with van der Waals surface area (Å²) in [7, 11) is 0. The highest BCUT2D eigenvalue weighted by Crippen LogP contribution is 2.47. The summed E-state index contributed by atoms with van der Waals surface area (Å²) >= 11 is 0. The molecule has 3 heterocycles. The highest BCUT2D eigenvalue weighted by atomic mass is 16.5. The summed E-state index contributed by atoms with van der Waals surface area (Å²) in [5, 5.41) is 1.78. The lowest BCUT2D eigenvalue weighted by Gasteiger charge is -2.27. The Morgan fingerprint density at radius 1 is 0.565 bits per heavy atom. The standard InChI is InChI=1S/C57H52N4O/c1-38-29-55(58-36-50(38)40-19-12-9-13-20-40)61-51-28-25-41(39-17-10-8-11-18-39)30-49(51)48-27-26-46(35-54(48)61)62-47-33-43(57(5,6)7)32-45(34-47)60-37-59(52-23-14-15-24-53(52)60)44-22-16-21-42(31-44)56(2,3)4/h8-36H,37H2,1-7H3/i1D3,9D,12D,13D,19D,20D. The van der Waals surface area contributed by atoms with Crippen LogP contribution in [-0.4, -0.2) is 16.2 Å². The molecule has 9 aromatic rings. The van der Waals surface area contributed by atoms with Gasteiger partial charge in [0.15, 0.2) is 0 Å². The Kier molecular flexibility index (Phi) is 7.52. The number of para-hydroxylation sites is 2. The van der Waals surface area contributed by atoms with E-state index in [0.717, 1.165) is 55.7 Å². The third-order valence-corrected chi connectivity index (χ3v) is 11.8. The lowest BCUT2D eigenvalue weighted by molar-refractivity contribution is 0.479. The molecule has 0 aliphatic carbocycles. The van der Waals surface area contributed by atoms with Gasteiger partial charge < -0.3 is 14.5 Å². The lowest BCUT2D eigenvalue weighted by atomic mass is 9.86. The van der Waals surface area contributed by atoms with Crippen molar-refractivity contribution < 1.29 is 15.7 Å². The first kappa shape index (κ1) is 30.8. The normalized spacial score (nSPS) is 15.0. The molecule has 0 bridgehead atoms. The van der Waals surface area contributed by atoms with Gasteiger partial charge in [-0.25, -0.2) is 4.98 Å². The summed E-state index contributed by atoms with van der Waals surface area (Å²) in [6.45, 7) is 11.1. The molecule has 5 nitrogen and oxygen atoms in total. The highest BCUT2D eigenvalue weighted by molar-refractivity contribution is 6.10. The Hall–Kier alpha value is -7.11. The van der Waals surface area contributed by atoms with Gasteiger partial charge in [0.05, 0.1) is 29.3 Å². The summed E-state index contributed by atoms with van der Waals surface area (Å²) in [6, 6.07) is 44.5. The fraction of sp³-hybridized carbons (Fsp3) is 0.175. The molecule has 1 aliphatic rings. The molecular formula is C57H52N4O. The summed E-state index contributed by atoms with van der Waals surface area (Å²) in [4.78, 5) is 9.50. The van der Waals surface area contributed by atoms with Crippen LogP contribution in [0.4, 0.5) is 22.7 Å². The maximum atomic E-state index is 8.69. The van der Waals surface area contributed by atoms with E-state index in [9.17, 15) is 0 Å². The number of fused-ring (bicyclic) bond motifs is 4. The second kappa shape index (κ2) is 15.1. The van der Waals surface area contributed by atoms with Crippen LogP contribution in [0.15, 0.2) is 176 Å². The zero-order chi connectivity index (χ0) is 49.6. The van der Waals surface area contributed by atoms with Gasteiger partial charge >= 0.3 is 0 Å². The SMILES string of the molecule is [2H]c1c([2H])c([2H])c(-c2cnc(-n3c4ccc(-c5ccccc5)cc4c4ccc(Oc5cc(N6CN(c7cccc(C(C)(C)C)c7)c7ccccc76)cc(C(C)(C)C)c5)cc43)cc2C([2H])([2H])[2H])c([2H])c1[2H]. The molecular weight excluding hydrogens is 757 g/mol. The monoisotopic (exact) mass is 816 g/mol. The van der Waals surface area contributed by atoms with Crippen LogP contribution in [0, 0.1) is 6.85 Å². The number of nitrogens with zero attached hydrogens (tertiary/aromatic N) is 4. The molecule has 62 heavy (non-hydrogen) atoms. The third kappa shape index (κ3) is 7.17. The van der Waals surface area contributed by atoms with Crippen LogP contribution in [0.25, 0.3) is 49.9 Å². The highest BCUT2D eigenvalue weighted by Gasteiger charge is 2.30. The molecule has 10 rings (SSSR count). The van der Waals surface area contributed by atoms with Crippen molar-refractivity contribution >= 4 is 44.6 Å². The summed E-state index contributed by atoms with van der Waals surface area (Å²) in [5.74, 6) is 1.47. The van der Waals surface area contributed by atoms with E-state index in [0.29, 0.717) is 23.7 Å². The molecule has 7 aromatic carbocycles. The average molecular weight is 817 g/mol. The first-order chi connectivity index (χ1) is 33.2. The van der Waals surface area contributed by atoms with Crippen LogP contribution in [0.1, 0.15) is 69.2 Å². The number of hydrogen-bond donors (Lipinski definition) is 0. The van der Waals surface area contributed by atoms with Gasteiger partial charge in [0, 0.05) is 50.2 Å². The molecule has 0 saturated carbocycles. The van der Waals surface area contributed by atoms with Crippen molar-refractivity contribution in [3.63, 3.8) is 0 Å². The molecule has 0 saturated heterocycles. The van der Waals surface area contributed by atoms with Crippen molar-refractivity contribution in [2.45, 2.75) is 59.2 Å². The second-order valence-corrected chi connectivity index (χ2v) is 18.1. The molecule has 5 heteroatoms. The summed E-state index contributed by atoms with van der Waals surface area (Å²) in [6.07, 6.45) is 1.31. The fourth-order valence-corrected chi connectivity index (χ4v) is 8.44. The van der Waals surface area contributed by atoms with E-state index < -0.39 is 37.1 Å². The third-order valence-electron chi connectivity index (χ3n) is 11.8. The largest absolute Gasteiger partial charge is 0.457 e. The molecule has 0 spiro atoms. The van der Waals surface area contributed by atoms with Crippen LogP contribution >= 0.6 is 0 Å². The topological polar surface area (TPSA) is 33.5 Å². The van der Waals surface area contributed by atoms with E-state index in [2.05, 4.69) is 136 Å². The van der Waals surface area contributed by atoms with Crippen molar-refractivity contribution in [2.24, 2.45) is 0 Å². The number of hydrogen-bond acceptors (Lipinski definition) is 4. The predicted molar refractivity (Wildman–Crippen MR) is 260 cm³/mol. The number of aryl methyl sites for hydroxylation is 1. The molecule has 0 atom stereocenters. The van der Waals surface area contributed by atoms with Crippen LogP contribution in [0.2, 0.25) is 0 Å². The average Bonchev–Trinajstić information content (AvgIpc) is 3.88. The van der Waals surface area contributed by atoms with Crippen LogP contribution < -0.4 is 14.5 Å². The van der Waals surface area contributed by atoms with Gasteiger partial charge in [0.25, 0.3) is 0 Å². The molecule has 0 N–H and O–H groups in total. The zero-order valence-electron chi connectivity index (χ0n) is 43.8. The Morgan fingerprint density at radius 3 is 2.03 bits per heavy atom. The first-order valence-corrected chi connectivity index (χ1v) is 21.0. The van der Waals surface area contributed by atoms with Gasteiger partial charge in [-0.1, -0.05) is 132 Å². The van der Waals surface area contributed by atoms with Gasteiger partial charge in [-0.2, -0.15) is 0 Å². The van der Waals surface area contributed by atoms with Gasteiger partial charge in [-0.15, -0.1) is 0 Å². The molecule has 0 fully saturated rings. The van der Waals surface area contributed by atoms with Gasteiger partial charge in [-0.05, 0) is 118 Å². The Labute approximate surface area is 376 Å². The van der Waals surface area contributed by atoms with Crippen molar-refractivity contribution in [3.8, 4) is 39.6 Å². The summed E-state index contributed by atoms with van der Waals surface area (Å²) < 4.78 is 77.0. The Morgan fingerprint density at radius 2 is 1.29 bits per heavy atom. The van der Waals surface area contributed by atoms with Crippen molar-refractivity contribution in [3.05, 3.63) is 193 Å². The van der Waals surface area contributed by atoms with Gasteiger partial charge in [0.2, 0.25) is 0 Å². The van der Waals surface area contributed by atoms with Crippen molar-refractivity contribution in [2.75, 3.05) is 16.5 Å². The quantitative estimate of drug-likeness (QED) is 0.160. The second-order valence-electron chi connectivity index (χ2n) is 18.1. The number of rotatable bonds is 7. The lowest BCUT2D eigenvalue weighted by Crippen LogP contribution is -2.25. The number of pyridine rings is 1. The van der Waals surface area contributed by atoms with Crippen LogP contribution in [-0.2, 0) is 10.8 Å². The maximum absolute atomic E-state index is 8.69. The fourth-order valence-electron chi connectivity index (χ4n) is 8.44. The number of anilines is 4. The van der Waals surface area contributed by atoms with E-state index in [1.807, 2.05) is 53.1 Å². The van der Waals surface area contributed by atoms with Crippen LogP contribution in [0.5, 0.6) is 11.5 Å². The molecule has 306 valence electrons. The minimum absolute atomic E-state index is 0.00995. The summed E-state index contributed by atoms with van der Waals surface area (Å²) in [5.41, 5.74) is 9.42. The van der Waals surface area contributed by atoms with E-state index in [1.165, 1.54) is 17.8 Å². The van der Waals surface area contributed by atoms with E-state index >= 15 is 0 Å². The number of ether oxygens (including phenoxy) is 1. The molecule has 1 aliphatic heterocycles. The molecule has 0 unspecified atom stereocenters. The van der Waals surface area contributed by atoms with E-state index in [1.54, 1.807) is 0 Å². The first-order valence-electron chi connectivity index (χ1n) is 25.0. The Balaban J connectivity index is 1.11. The smallest absolute Gasteiger partial charge is 0.137 e. The molecule has 0 amide bonds. The predicted octanol–water partition coefficient (Wildman–Crippen LogP) is 15.5. The Bertz CT molecular complexity index is 3510. The number of benzene rings is 7. The zero-order valence-corrected chi connectivity index (χ0v) is 35.8. The molecule has 0 radical (unpaired) electrons. The van der Waals surface area contributed by atoms with E-state index in [-0.39, 0.29) is 33.3 Å². The van der Waals surface area contributed by atoms with Gasteiger partial charge in [0.1, 0.15) is 24.0 Å². The minimum Gasteiger partial charge on any atom is -0.457 e. The molecule has 2 aromatic heterocycles.